The first-order valence-corrected chi connectivity index (χ1v) is 7.32. The van der Waals surface area contributed by atoms with Gasteiger partial charge < -0.3 is 5.32 Å². The van der Waals surface area contributed by atoms with Gasteiger partial charge in [0, 0.05) is 5.69 Å². The maximum atomic E-state index is 4.76. The molecule has 0 bridgehead atoms. The third-order valence-electron chi connectivity index (χ3n) is 3.89. The van der Waals surface area contributed by atoms with E-state index in [4.69, 9.17) is 5.10 Å². The zero-order valence-electron chi connectivity index (χ0n) is 13.2. The SMILES string of the molecule is CNCCCc1c(C)nn(-c2cc(C)ccc2C)c1C. The molecule has 2 rings (SSSR count). The van der Waals surface area contributed by atoms with Crippen LogP contribution in [0.4, 0.5) is 0 Å². The summed E-state index contributed by atoms with van der Waals surface area (Å²) >= 11 is 0. The molecule has 108 valence electrons. The van der Waals surface area contributed by atoms with Crippen LogP contribution in [0.25, 0.3) is 5.69 Å². The Balaban J connectivity index is 2.38. The highest BCUT2D eigenvalue weighted by molar-refractivity contribution is 5.45. The van der Waals surface area contributed by atoms with E-state index in [1.165, 1.54) is 28.1 Å². The Morgan fingerprint density at radius 2 is 1.90 bits per heavy atom. The van der Waals surface area contributed by atoms with Crippen LogP contribution in [-0.2, 0) is 6.42 Å². The van der Waals surface area contributed by atoms with Crippen molar-refractivity contribution >= 4 is 0 Å². The maximum Gasteiger partial charge on any atom is 0.0680 e. The molecule has 3 heteroatoms. The van der Waals surface area contributed by atoms with Gasteiger partial charge in [0.15, 0.2) is 0 Å². The molecule has 0 saturated carbocycles. The highest BCUT2D eigenvalue weighted by Gasteiger charge is 2.13. The van der Waals surface area contributed by atoms with Gasteiger partial charge in [0.25, 0.3) is 0 Å². The van der Waals surface area contributed by atoms with Crippen LogP contribution in [0.3, 0.4) is 0 Å². The zero-order valence-corrected chi connectivity index (χ0v) is 13.2. The number of aromatic nitrogens is 2. The molecule has 0 spiro atoms. The Labute approximate surface area is 122 Å². The van der Waals surface area contributed by atoms with Crippen molar-refractivity contribution in [3.05, 3.63) is 46.3 Å². The summed E-state index contributed by atoms with van der Waals surface area (Å²) in [7, 11) is 2.00. The van der Waals surface area contributed by atoms with E-state index < -0.39 is 0 Å². The molecule has 0 aliphatic heterocycles. The first kappa shape index (κ1) is 14.8. The second kappa shape index (κ2) is 6.23. The molecule has 2 aromatic rings. The van der Waals surface area contributed by atoms with E-state index in [0.29, 0.717) is 0 Å². The molecule has 1 heterocycles. The smallest absolute Gasteiger partial charge is 0.0680 e. The molecule has 1 N–H and O–H groups in total. The average Bonchev–Trinajstić information content (AvgIpc) is 2.69. The first-order chi connectivity index (χ1) is 9.54. The molecule has 0 atom stereocenters. The fourth-order valence-corrected chi connectivity index (χ4v) is 2.66. The van der Waals surface area contributed by atoms with Gasteiger partial charge in [-0.15, -0.1) is 0 Å². The molecule has 3 nitrogen and oxygen atoms in total. The van der Waals surface area contributed by atoms with E-state index in [1.807, 2.05) is 7.05 Å². The standard InChI is InChI=1S/C17H25N3/c1-12-8-9-13(2)17(11-12)20-15(4)16(14(3)19-20)7-6-10-18-5/h8-9,11,18H,6-7,10H2,1-5H3. The van der Waals surface area contributed by atoms with E-state index in [0.717, 1.165) is 25.1 Å². The number of hydrogen-bond donors (Lipinski definition) is 1. The lowest BCUT2D eigenvalue weighted by Crippen LogP contribution is -2.09. The summed E-state index contributed by atoms with van der Waals surface area (Å²) in [5.41, 5.74) is 7.55. The predicted molar refractivity (Wildman–Crippen MR) is 84.8 cm³/mol. The van der Waals surface area contributed by atoms with Crippen LogP contribution in [0.5, 0.6) is 0 Å². The van der Waals surface area contributed by atoms with Crippen LogP contribution >= 0.6 is 0 Å². The van der Waals surface area contributed by atoms with Crippen LogP contribution in [0, 0.1) is 27.7 Å². The van der Waals surface area contributed by atoms with Crippen molar-refractivity contribution in [3.8, 4) is 5.69 Å². The molecule has 1 aromatic heterocycles. The third kappa shape index (κ3) is 2.93. The van der Waals surface area contributed by atoms with Crippen LogP contribution in [0.15, 0.2) is 18.2 Å². The van der Waals surface area contributed by atoms with Gasteiger partial charge in [0.05, 0.1) is 11.4 Å². The highest BCUT2D eigenvalue weighted by atomic mass is 15.3. The topological polar surface area (TPSA) is 29.9 Å². The van der Waals surface area contributed by atoms with E-state index in [9.17, 15) is 0 Å². The molecular formula is C17H25N3. The monoisotopic (exact) mass is 271 g/mol. The van der Waals surface area contributed by atoms with E-state index >= 15 is 0 Å². The highest BCUT2D eigenvalue weighted by Crippen LogP contribution is 2.22. The largest absolute Gasteiger partial charge is 0.320 e. The molecule has 0 unspecified atom stereocenters. The van der Waals surface area contributed by atoms with Crippen LogP contribution < -0.4 is 5.32 Å². The van der Waals surface area contributed by atoms with Crippen molar-refractivity contribution < 1.29 is 0 Å². The lowest BCUT2D eigenvalue weighted by Gasteiger charge is -2.10. The summed E-state index contributed by atoms with van der Waals surface area (Å²) in [4.78, 5) is 0. The lowest BCUT2D eigenvalue weighted by molar-refractivity contribution is 0.720. The summed E-state index contributed by atoms with van der Waals surface area (Å²) < 4.78 is 2.10. The number of benzene rings is 1. The van der Waals surface area contributed by atoms with Crippen LogP contribution in [-0.4, -0.2) is 23.4 Å². The van der Waals surface area contributed by atoms with Gasteiger partial charge in [0.2, 0.25) is 0 Å². The van der Waals surface area contributed by atoms with E-state index in [-0.39, 0.29) is 0 Å². The number of aryl methyl sites for hydroxylation is 3. The van der Waals surface area contributed by atoms with E-state index in [1.54, 1.807) is 0 Å². The van der Waals surface area contributed by atoms with Gasteiger partial charge in [-0.1, -0.05) is 12.1 Å². The Hall–Kier alpha value is -1.61. The van der Waals surface area contributed by atoms with Crippen molar-refractivity contribution in [1.29, 1.82) is 0 Å². The number of nitrogens with zero attached hydrogens (tertiary/aromatic N) is 2. The van der Waals surface area contributed by atoms with Gasteiger partial charge >= 0.3 is 0 Å². The van der Waals surface area contributed by atoms with Crippen molar-refractivity contribution in [2.75, 3.05) is 13.6 Å². The minimum absolute atomic E-state index is 1.05. The van der Waals surface area contributed by atoms with E-state index in [2.05, 4.69) is 55.9 Å². The second-order valence-electron chi connectivity index (χ2n) is 5.56. The Morgan fingerprint density at radius 3 is 2.60 bits per heavy atom. The zero-order chi connectivity index (χ0) is 14.7. The van der Waals surface area contributed by atoms with Gasteiger partial charge in [-0.25, -0.2) is 4.68 Å². The first-order valence-electron chi connectivity index (χ1n) is 7.32. The predicted octanol–water partition coefficient (Wildman–Crippen LogP) is 3.26. The van der Waals surface area contributed by atoms with Crippen LogP contribution in [0.2, 0.25) is 0 Å². The molecule has 1 aromatic carbocycles. The Kier molecular flexibility index (Phi) is 4.61. The van der Waals surface area contributed by atoms with Crippen molar-refractivity contribution in [3.63, 3.8) is 0 Å². The minimum Gasteiger partial charge on any atom is -0.320 e. The lowest BCUT2D eigenvalue weighted by atomic mass is 10.1. The molecule has 0 radical (unpaired) electrons. The third-order valence-corrected chi connectivity index (χ3v) is 3.89. The number of rotatable bonds is 5. The molecular weight excluding hydrogens is 246 g/mol. The summed E-state index contributed by atoms with van der Waals surface area (Å²) in [5, 5.41) is 7.96. The molecule has 0 aliphatic carbocycles. The van der Waals surface area contributed by atoms with Crippen LogP contribution in [0.1, 0.15) is 34.5 Å². The Morgan fingerprint density at radius 1 is 1.15 bits per heavy atom. The maximum absolute atomic E-state index is 4.76. The Bertz CT molecular complexity index is 597. The summed E-state index contributed by atoms with van der Waals surface area (Å²) in [6, 6.07) is 6.53. The van der Waals surface area contributed by atoms with Crippen molar-refractivity contribution in [2.24, 2.45) is 0 Å². The molecule has 0 amide bonds. The quantitative estimate of drug-likeness (QED) is 0.846. The average molecular weight is 271 g/mol. The van der Waals surface area contributed by atoms with Gasteiger partial charge in [-0.2, -0.15) is 5.10 Å². The molecule has 20 heavy (non-hydrogen) atoms. The van der Waals surface area contributed by atoms with Gasteiger partial charge in [-0.05, 0) is 76.9 Å². The molecule has 0 saturated heterocycles. The minimum atomic E-state index is 1.05. The van der Waals surface area contributed by atoms with Crippen molar-refractivity contribution in [2.45, 2.75) is 40.5 Å². The normalized spacial score (nSPS) is 11.1. The van der Waals surface area contributed by atoms with Gasteiger partial charge in [0.1, 0.15) is 0 Å². The fourth-order valence-electron chi connectivity index (χ4n) is 2.66. The summed E-state index contributed by atoms with van der Waals surface area (Å²) in [5.74, 6) is 0. The van der Waals surface area contributed by atoms with Crippen molar-refractivity contribution in [1.82, 2.24) is 15.1 Å². The number of nitrogens with one attached hydrogen (secondary N) is 1. The molecule has 0 aliphatic rings. The molecule has 0 fully saturated rings. The van der Waals surface area contributed by atoms with Gasteiger partial charge in [-0.3, -0.25) is 0 Å². The number of hydrogen-bond acceptors (Lipinski definition) is 2. The second-order valence-corrected chi connectivity index (χ2v) is 5.56. The summed E-state index contributed by atoms with van der Waals surface area (Å²) in [6.07, 6.45) is 2.24. The fraction of sp³-hybridized carbons (Fsp3) is 0.471. The summed E-state index contributed by atoms with van der Waals surface area (Å²) in [6.45, 7) is 9.61.